The number of likely N-dealkylation sites (tertiary alicyclic amines) is 1. The molecule has 1 aliphatic rings. The summed E-state index contributed by atoms with van der Waals surface area (Å²) >= 11 is 1.44. The van der Waals surface area contributed by atoms with Crippen LogP contribution in [0.5, 0.6) is 0 Å². The number of benzene rings is 2. The predicted molar refractivity (Wildman–Crippen MR) is 126 cm³/mol. The van der Waals surface area contributed by atoms with Crippen molar-refractivity contribution in [2.75, 3.05) is 25.4 Å². The van der Waals surface area contributed by atoms with Crippen LogP contribution >= 0.6 is 11.8 Å². The van der Waals surface area contributed by atoms with E-state index in [1.54, 1.807) is 0 Å². The van der Waals surface area contributed by atoms with Crippen LogP contribution in [-0.4, -0.2) is 51.8 Å². The molecule has 1 amide bonds. The molecule has 1 fully saturated rings. The molecule has 4 rings (SSSR count). The minimum Gasteiger partial charge on any atom is -0.466 e. The van der Waals surface area contributed by atoms with Gasteiger partial charge in [0.15, 0.2) is 5.16 Å². The minimum absolute atomic E-state index is 0.0705. The minimum atomic E-state index is -0.146. The van der Waals surface area contributed by atoms with Crippen LogP contribution in [-0.2, 0) is 14.3 Å². The first-order valence-corrected chi connectivity index (χ1v) is 11.9. The van der Waals surface area contributed by atoms with Gasteiger partial charge in [-0.15, -0.1) is 0 Å². The highest BCUT2D eigenvalue weighted by atomic mass is 32.2. The number of aromatic nitrogens is 2. The van der Waals surface area contributed by atoms with Gasteiger partial charge < -0.3 is 9.64 Å². The zero-order chi connectivity index (χ0) is 22.3. The van der Waals surface area contributed by atoms with E-state index < -0.39 is 0 Å². The Balaban J connectivity index is 1.44. The largest absolute Gasteiger partial charge is 0.466 e. The molecule has 2 aromatic carbocycles. The summed E-state index contributed by atoms with van der Waals surface area (Å²) in [4.78, 5) is 31.5. The van der Waals surface area contributed by atoms with Gasteiger partial charge in [0.25, 0.3) is 0 Å². The van der Waals surface area contributed by atoms with E-state index >= 15 is 0 Å². The van der Waals surface area contributed by atoms with E-state index in [2.05, 4.69) is 0 Å². The molecule has 7 heteroatoms. The Hall–Kier alpha value is -3.06. The van der Waals surface area contributed by atoms with Crippen molar-refractivity contribution in [3.8, 4) is 16.9 Å². The van der Waals surface area contributed by atoms with Crippen molar-refractivity contribution in [2.45, 2.75) is 24.9 Å². The van der Waals surface area contributed by atoms with Gasteiger partial charge in [-0.2, -0.15) is 0 Å². The zero-order valence-electron chi connectivity index (χ0n) is 18.1. The number of hydrogen-bond acceptors (Lipinski definition) is 5. The highest BCUT2D eigenvalue weighted by Crippen LogP contribution is 2.28. The van der Waals surface area contributed by atoms with Gasteiger partial charge in [-0.1, -0.05) is 60.3 Å². The number of amides is 1. The number of hydrogen-bond donors (Lipinski definition) is 0. The highest BCUT2D eigenvalue weighted by Gasteiger charge is 2.28. The number of ether oxygens (including phenoxy) is 1. The summed E-state index contributed by atoms with van der Waals surface area (Å²) in [5, 5.41) is 0.782. The van der Waals surface area contributed by atoms with Crippen LogP contribution in [0.4, 0.5) is 0 Å². The fraction of sp³-hybridized carbons (Fsp3) is 0.320. The Kier molecular flexibility index (Phi) is 7.27. The van der Waals surface area contributed by atoms with Crippen molar-refractivity contribution >= 4 is 23.6 Å². The molecule has 32 heavy (non-hydrogen) atoms. The number of nitrogens with zero attached hydrogens (tertiary/aromatic N) is 3. The number of thioether (sulfide) groups is 1. The molecule has 2 heterocycles. The van der Waals surface area contributed by atoms with Gasteiger partial charge in [0.2, 0.25) is 5.91 Å². The Morgan fingerprint density at radius 3 is 2.34 bits per heavy atom. The summed E-state index contributed by atoms with van der Waals surface area (Å²) in [5.74, 6) is 0.132. The second-order valence-corrected chi connectivity index (χ2v) is 8.62. The van der Waals surface area contributed by atoms with Gasteiger partial charge in [-0.25, -0.2) is 4.98 Å². The molecule has 0 saturated carbocycles. The number of piperidine rings is 1. The summed E-state index contributed by atoms with van der Waals surface area (Å²) in [6.45, 7) is 3.39. The fourth-order valence-corrected chi connectivity index (χ4v) is 4.72. The molecule has 166 valence electrons. The second-order valence-electron chi connectivity index (χ2n) is 7.68. The van der Waals surface area contributed by atoms with Crippen molar-refractivity contribution in [1.82, 2.24) is 14.5 Å². The zero-order valence-corrected chi connectivity index (χ0v) is 19.0. The maximum atomic E-state index is 12.9. The van der Waals surface area contributed by atoms with E-state index in [0.29, 0.717) is 38.3 Å². The summed E-state index contributed by atoms with van der Waals surface area (Å²) in [7, 11) is 0. The summed E-state index contributed by atoms with van der Waals surface area (Å²) in [5.41, 5.74) is 2.92. The van der Waals surface area contributed by atoms with Crippen LogP contribution in [0.15, 0.2) is 72.0 Å². The molecule has 0 aliphatic carbocycles. The number of rotatable bonds is 7. The third-order valence-corrected chi connectivity index (χ3v) is 6.51. The first kappa shape index (κ1) is 22.1. The molecule has 1 aromatic heterocycles. The van der Waals surface area contributed by atoms with Crippen LogP contribution in [0.25, 0.3) is 16.9 Å². The van der Waals surface area contributed by atoms with Gasteiger partial charge >= 0.3 is 5.97 Å². The number of carbonyl (C=O) groups excluding carboxylic acids is 2. The molecule has 0 bridgehead atoms. The number of esters is 1. The van der Waals surface area contributed by atoms with Crippen LogP contribution in [0.1, 0.15) is 19.8 Å². The quantitative estimate of drug-likeness (QED) is 0.394. The van der Waals surface area contributed by atoms with Crippen molar-refractivity contribution in [3.05, 3.63) is 66.9 Å². The van der Waals surface area contributed by atoms with E-state index in [1.165, 1.54) is 11.8 Å². The molecule has 0 atom stereocenters. The lowest BCUT2D eigenvalue weighted by Gasteiger charge is -2.30. The topological polar surface area (TPSA) is 64.4 Å². The average Bonchev–Trinajstić information content (AvgIpc) is 3.28. The lowest BCUT2D eigenvalue weighted by Crippen LogP contribution is -2.41. The normalized spacial score (nSPS) is 14.3. The Bertz CT molecular complexity index is 1040. The molecule has 0 radical (unpaired) electrons. The molecule has 0 unspecified atom stereocenters. The van der Waals surface area contributed by atoms with Gasteiger partial charge in [-0.05, 0) is 31.9 Å². The van der Waals surface area contributed by atoms with Gasteiger partial charge in [0.05, 0.1) is 24.0 Å². The van der Waals surface area contributed by atoms with Crippen molar-refractivity contribution < 1.29 is 14.3 Å². The summed E-state index contributed by atoms with van der Waals surface area (Å²) in [6.07, 6.45) is 3.33. The van der Waals surface area contributed by atoms with Gasteiger partial charge in [0, 0.05) is 30.5 Å². The Labute approximate surface area is 192 Å². The van der Waals surface area contributed by atoms with Crippen molar-refractivity contribution in [1.29, 1.82) is 0 Å². The standard InChI is InChI=1S/C25H27N3O3S/c1-2-31-24(30)20-13-15-27(16-14-20)23(29)18-32-25-26-22(19-9-5-3-6-10-19)17-28(25)21-11-7-4-8-12-21/h3-12,17,20H,2,13-16,18H2,1H3. The van der Waals surface area contributed by atoms with E-state index in [4.69, 9.17) is 9.72 Å². The van der Waals surface area contributed by atoms with Crippen LogP contribution in [0, 0.1) is 5.92 Å². The Morgan fingerprint density at radius 1 is 1.03 bits per heavy atom. The van der Waals surface area contributed by atoms with E-state index in [9.17, 15) is 9.59 Å². The summed E-state index contributed by atoms with van der Waals surface area (Å²) < 4.78 is 7.15. The predicted octanol–water partition coefficient (Wildman–Crippen LogP) is 4.43. The maximum absolute atomic E-state index is 12.9. The molecule has 1 saturated heterocycles. The van der Waals surface area contributed by atoms with E-state index in [1.807, 2.05) is 83.3 Å². The third-order valence-electron chi connectivity index (χ3n) is 5.57. The second kappa shape index (κ2) is 10.5. The third kappa shape index (κ3) is 5.22. The molecule has 0 spiro atoms. The fourth-order valence-electron chi connectivity index (χ4n) is 3.83. The van der Waals surface area contributed by atoms with Crippen LogP contribution in [0.2, 0.25) is 0 Å². The van der Waals surface area contributed by atoms with E-state index in [0.717, 1.165) is 22.1 Å². The number of carbonyl (C=O) groups is 2. The van der Waals surface area contributed by atoms with Crippen LogP contribution in [0.3, 0.4) is 0 Å². The first-order chi connectivity index (χ1) is 15.7. The summed E-state index contributed by atoms with van der Waals surface area (Å²) in [6, 6.07) is 20.1. The Morgan fingerprint density at radius 2 is 1.69 bits per heavy atom. The lowest BCUT2D eigenvalue weighted by atomic mass is 9.97. The molecule has 6 nitrogen and oxygen atoms in total. The first-order valence-electron chi connectivity index (χ1n) is 10.9. The monoisotopic (exact) mass is 449 g/mol. The molecule has 3 aromatic rings. The molecule has 1 aliphatic heterocycles. The highest BCUT2D eigenvalue weighted by molar-refractivity contribution is 7.99. The van der Waals surface area contributed by atoms with Gasteiger partial charge in [-0.3, -0.25) is 14.2 Å². The number of imidazole rings is 1. The SMILES string of the molecule is CCOC(=O)C1CCN(C(=O)CSc2nc(-c3ccccc3)cn2-c2ccccc2)CC1. The van der Waals surface area contributed by atoms with Crippen molar-refractivity contribution in [3.63, 3.8) is 0 Å². The van der Waals surface area contributed by atoms with Crippen LogP contribution < -0.4 is 0 Å². The van der Waals surface area contributed by atoms with Crippen molar-refractivity contribution in [2.24, 2.45) is 5.92 Å². The number of para-hydroxylation sites is 1. The molecular weight excluding hydrogens is 422 g/mol. The molecular formula is C25H27N3O3S. The van der Waals surface area contributed by atoms with Gasteiger partial charge in [0.1, 0.15) is 0 Å². The molecule has 0 N–H and O–H groups in total. The lowest BCUT2D eigenvalue weighted by molar-refractivity contribution is -0.151. The van der Waals surface area contributed by atoms with E-state index in [-0.39, 0.29) is 17.8 Å². The maximum Gasteiger partial charge on any atom is 0.309 e. The average molecular weight is 450 g/mol. The smallest absolute Gasteiger partial charge is 0.309 e.